The molecule has 3 heteroatoms. The summed E-state index contributed by atoms with van der Waals surface area (Å²) in [6.45, 7) is 3.26. The van der Waals surface area contributed by atoms with Crippen molar-refractivity contribution in [2.45, 2.75) is 32.2 Å². The molecule has 20 heavy (non-hydrogen) atoms. The van der Waals surface area contributed by atoms with E-state index in [1.165, 1.54) is 11.1 Å². The van der Waals surface area contributed by atoms with Gasteiger partial charge in [0.25, 0.3) is 0 Å². The first-order valence-electron chi connectivity index (χ1n) is 7.14. The highest BCUT2D eigenvalue weighted by atomic mass is 79.9. The number of benzene rings is 1. The Balaban J connectivity index is 2.03. The van der Waals surface area contributed by atoms with E-state index in [9.17, 15) is 0 Å². The third-order valence-corrected chi connectivity index (χ3v) is 3.78. The molecule has 0 aliphatic carbocycles. The van der Waals surface area contributed by atoms with Gasteiger partial charge in [-0.05, 0) is 61.2 Å². The van der Waals surface area contributed by atoms with Gasteiger partial charge in [-0.15, -0.1) is 0 Å². The standard InChI is InChI=1S/C17H21BrN2/c1-2-8-20-17(12-14-6-9-19-10-7-14)13-15-4-3-5-16(18)11-15/h3-7,9-11,17,20H,2,8,12-13H2,1H3. The average Bonchev–Trinajstić information content (AvgIpc) is 2.46. The van der Waals surface area contributed by atoms with Crippen LogP contribution in [-0.4, -0.2) is 17.6 Å². The minimum Gasteiger partial charge on any atom is -0.313 e. The zero-order valence-corrected chi connectivity index (χ0v) is 13.4. The predicted octanol–water partition coefficient (Wildman–Crippen LogP) is 4.00. The number of aromatic nitrogens is 1. The van der Waals surface area contributed by atoms with E-state index in [0.717, 1.165) is 30.3 Å². The lowest BCUT2D eigenvalue weighted by Crippen LogP contribution is -2.33. The van der Waals surface area contributed by atoms with Crippen LogP contribution in [0.15, 0.2) is 53.3 Å². The summed E-state index contributed by atoms with van der Waals surface area (Å²) in [7, 11) is 0. The molecule has 0 saturated carbocycles. The molecule has 0 amide bonds. The van der Waals surface area contributed by atoms with Gasteiger partial charge in [0, 0.05) is 22.9 Å². The van der Waals surface area contributed by atoms with Crippen LogP contribution in [0.2, 0.25) is 0 Å². The smallest absolute Gasteiger partial charge is 0.0270 e. The predicted molar refractivity (Wildman–Crippen MR) is 87.9 cm³/mol. The summed E-state index contributed by atoms with van der Waals surface area (Å²) >= 11 is 3.54. The number of hydrogen-bond acceptors (Lipinski definition) is 2. The van der Waals surface area contributed by atoms with Crippen LogP contribution >= 0.6 is 15.9 Å². The fourth-order valence-electron chi connectivity index (χ4n) is 2.32. The molecule has 1 aromatic heterocycles. The molecule has 0 radical (unpaired) electrons. The Kier molecular flexibility index (Phi) is 6.22. The maximum atomic E-state index is 4.08. The summed E-state index contributed by atoms with van der Waals surface area (Å²) in [6, 6.07) is 13.2. The topological polar surface area (TPSA) is 24.9 Å². The molecule has 0 bridgehead atoms. The van der Waals surface area contributed by atoms with Crippen molar-refractivity contribution in [2.75, 3.05) is 6.54 Å². The largest absolute Gasteiger partial charge is 0.313 e. The van der Waals surface area contributed by atoms with E-state index >= 15 is 0 Å². The van der Waals surface area contributed by atoms with Gasteiger partial charge < -0.3 is 5.32 Å². The van der Waals surface area contributed by atoms with Gasteiger partial charge in [0.2, 0.25) is 0 Å². The first kappa shape index (κ1) is 15.2. The van der Waals surface area contributed by atoms with Crippen LogP contribution in [0.3, 0.4) is 0 Å². The van der Waals surface area contributed by atoms with Crippen LogP contribution in [0.4, 0.5) is 0 Å². The molecule has 1 unspecified atom stereocenters. The molecular formula is C17H21BrN2. The second-order valence-corrected chi connectivity index (χ2v) is 5.96. The van der Waals surface area contributed by atoms with E-state index in [2.05, 4.69) is 69.6 Å². The molecule has 1 aromatic carbocycles. The van der Waals surface area contributed by atoms with E-state index < -0.39 is 0 Å². The molecule has 0 aliphatic rings. The highest BCUT2D eigenvalue weighted by Gasteiger charge is 2.10. The van der Waals surface area contributed by atoms with Gasteiger partial charge in [-0.3, -0.25) is 4.98 Å². The Labute approximate surface area is 129 Å². The molecule has 1 atom stereocenters. The van der Waals surface area contributed by atoms with Gasteiger partial charge in [0.05, 0.1) is 0 Å². The normalized spacial score (nSPS) is 12.3. The zero-order valence-electron chi connectivity index (χ0n) is 11.8. The SMILES string of the molecule is CCCNC(Cc1ccncc1)Cc1cccc(Br)c1. The van der Waals surface area contributed by atoms with Gasteiger partial charge >= 0.3 is 0 Å². The molecule has 2 aromatic rings. The first-order chi connectivity index (χ1) is 9.78. The Morgan fingerprint density at radius 3 is 2.55 bits per heavy atom. The molecule has 1 N–H and O–H groups in total. The van der Waals surface area contributed by atoms with Crippen LogP contribution in [-0.2, 0) is 12.8 Å². The fraction of sp³-hybridized carbons (Fsp3) is 0.353. The van der Waals surface area contributed by atoms with Gasteiger partial charge in [0.15, 0.2) is 0 Å². The minimum atomic E-state index is 0.464. The van der Waals surface area contributed by atoms with Gasteiger partial charge in [-0.2, -0.15) is 0 Å². The zero-order chi connectivity index (χ0) is 14.2. The lowest BCUT2D eigenvalue weighted by atomic mass is 9.99. The van der Waals surface area contributed by atoms with Crippen LogP contribution in [0, 0.1) is 0 Å². The number of hydrogen-bond donors (Lipinski definition) is 1. The van der Waals surface area contributed by atoms with Gasteiger partial charge in [-0.25, -0.2) is 0 Å². The lowest BCUT2D eigenvalue weighted by molar-refractivity contribution is 0.504. The van der Waals surface area contributed by atoms with E-state index in [-0.39, 0.29) is 0 Å². The first-order valence-corrected chi connectivity index (χ1v) is 7.94. The van der Waals surface area contributed by atoms with Crippen molar-refractivity contribution in [3.8, 4) is 0 Å². The molecule has 2 nitrogen and oxygen atoms in total. The van der Waals surface area contributed by atoms with Crippen molar-refractivity contribution in [3.05, 3.63) is 64.4 Å². The van der Waals surface area contributed by atoms with Crippen LogP contribution in [0.1, 0.15) is 24.5 Å². The van der Waals surface area contributed by atoms with Crippen molar-refractivity contribution in [2.24, 2.45) is 0 Å². The second kappa shape index (κ2) is 8.18. The quantitative estimate of drug-likeness (QED) is 0.828. The summed E-state index contributed by atoms with van der Waals surface area (Å²) in [5.74, 6) is 0. The molecule has 0 aliphatic heterocycles. The summed E-state index contributed by atoms with van der Waals surface area (Å²) in [5.41, 5.74) is 2.70. The number of halogens is 1. The van der Waals surface area contributed by atoms with Crippen molar-refractivity contribution in [1.82, 2.24) is 10.3 Å². The van der Waals surface area contributed by atoms with Crippen LogP contribution in [0.25, 0.3) is 0 Å². The minimum absolute atomic E-state index is 0.464. The Morgan fingerprint density at radius 2 is 1.85 bits per heavy atom. The molecule has 0 spiro atoms. The third-order valence-electron chi connectivity index (χ3n) is 3.29. The Hall–Kier alpha value is -1.19. The highest BCUT2D eigenvalue weighted by molar-refractivity contribution is 9.10. The lowest BCUT2D eigenvalue weighted by Gasteiger charge is -2.19. The van der Waals surface area contributed by atoms with Crippen molar-refractivity contribution in [1.29, 1.82) is 0 Å². The average molecular weight is 333 g/mol. The molecule has 0 saturated heterocycles. The number of rotatable bonds is 7. The molecular weight excluding hydrogens is 312 g/mol. The van der Waals surface area contributed by atoms with E-state index in [1.807, 2.05) is 12.4 Å². The fourth-order valence-corrected chi connectivity index (χ4v) is 2.76. The molecule has 106 valence electrons. The number of pyridine rings is 1. The molecule has 0 fully saturated rings. The van der Waals surface area contributed by atoms with E-state index in [1.54, 1.807) is 0 Å². The monoisotopic (exact) mass is 332 g/mol. The molecule has 1 heterocycles. The molecule has 2 rings (SSSR count). The summed E-state index contributed by atoms with van der Waals surface area (Å²) < 4.78 is 1.15. The summed E-state index contributed by atoms with van der Waals surface area (Å²) in [4.78, 5) is 4.08. The Bertz CT molecular complexity index is 513. The van der Waals surface area contributed by atoms with Crippen molar-refractivity contribution < 1.29 is 0 Å². The van der Waals surface area contributed by atoms with Gasteiger partial charge in [0.1, 0.15) is 0 Å². The van der Waals surface area contributed by atoms with Crippen molar-refractivity contribution in [3.63, 3.8) is 0 Å². The van der Waals surface area contributed by atoms with Crippen LogP contribution < -0.4 is 5.32 Å². The number of nitrogens with zero attached hydrogens (tertiary/aromatic N) is 1. The highest BCUT2D eigenvalue weighted by Crippen LogP contribution is 2.14. The maximum Gasteiger partial charge on any atom is 0.0270 e. The second-order valence-electron chi connectivity index (χ2n) is 5.04. The van der Waals surface area contributed by atoms with Crippen molar-refractivity contribution >= 4 is 15.9 Å². The third kappa shape index (κ3) is 5.06. The number of nitrogens with one attached hydrogen (secondary N) is 1. The van der Waals surface area contributed by atoms with E-state index in [0.29, 0.717) is 6.04 Å². The summed E-state index contributed by atoms with van der Waals surface area (Å²) in [6.07, 6.45) is 6.97. The van der Waals surface area contributed by atoms with Gasteiger partial charge in [-0.1, -0.05) is 35.0 Å². The van der Waals surface area contributed by atoms with Crippen LogP contribution in [0.5, 0.6) is 0 Å². The van der Waals surface area contributed by atoms with E-state index in [4.69, 9.17) is 0 Å². The Morgan fingerprint density at radius 1 is 1.10 bits per heavy atom. The maximum absolute atomic E-state index is 4.08. The summed E-state index contributed by atoms with van der Waals surface area (Å²) in [5, 5.41) is 3.65.